The number of benzene rings is 1. The monoisotopic (exact) mass is 405 g/mol. The van der Waals surface area contributed by atoms with Crippen LogP contribution in [0.5, 0.6) is 0 Å². The molecule has 1 aliphatic carbocycles. The molecule has 1 aliphatic heterocycles. The number of aromatic nitrogens is 1. The molecule has 2 heterocycles. The van der Waals surface area contributed by atoms with E-state index in [9.17, 15) is 9.59 Å². The number of hydrogen-bond donors (Lipinski definition) is 1. The standard InChI is InChI=1S/C25H31N3O2/c1-2-27-24(30)25(12-15-28(16-13-25)23(29)19-8-5-9-19)17-20-7-3-4-11-22(20)21-10-6-14-26-18-21/h3-4,6-7,10-11,14,18-19H,2,5,8-9,12-13,15-17H2,1H3,(H,27,30). The number of hydrogen-bond acceptors (Lipinski definition) is 3. The van der Waals surface area contributed by atoms with Gasteiger partial charge in [0.1, 0.15) is 0 Å². The molecule has 1 N–H and O–H groups in total. The van der Waals surface area contributed by atoms with E-state index in [-0.39, 0.29) is 11.8 Å². The van der Waals surface area contributed by atoms with E-state index in [0.29, 0.717) is 44.8 Å². The molecule has 5 heteroatoms. The van der Waals surface area contributed by atoms with Crippen molar-refractivity contribution in [2.75, 3.05) is 19.6 Å². The van der Waals surface area contributed by atoms with Gasteiger partial charge in [-0.05, 0) is 56.2 Å². The Balaban J connectivity index is 1.57. The summed E-state index contributed by atoms with van der Waals surface area (Å²) >= 11 is 0. The van der Waals surface area contributed by atoms with Gasteiger partial charge < -0.3 is 10.2 Å². The van der Waals surface area contributed by atoms with Crippen molar-refractivity contribution in [3.8, 4) is 11.1 Å². The molecule has 4 rings (SSSR count). The molecule has 1 aromatic carbocycles. The van der Waals surface area contributed by atoms with E-state index in [1.165, 1.54) is 0 Å². The van der Waals surface area contributed by atoms with Crippen LogP contribution in [0.1, 0.15) is 44.6 Å². The molecule has 0 spiro atoms. The van der Waals surface area contributed by atoms with Crippen LogP contribution in [0, 0.1) is 11.3 Å². The SMILES string of the molecule is CCNC(=O)C1(Cc2ccccc2-c2cccnc2)CCN(C(=O)C2CCC2)CC1. The van der Waals surface area contributed by atoms with Crippen LogP contribution >= 0.6 is 0 Å². The average molecular weight is 406 g/mol. The van der Waals surface area contributed by atoms with Crippen LogP contribution in [0.4, 0.5) is 0 Å². The lowest BCUT2D eigenvalue weighted by atomic mass is 9.71. The average Bonchev–Trinajstić information content (AvgIpc) is 2.74. The van der Waals surface area contributed by atoms with Gasteiger partial charge in [0.2, 0.25) is 11.8 Å². The van der Waals surface area contributed by atoms with Gasteiger partial charge in [-0.1, -0.05) is 36.8 Å². The van der Waals surface area contributed by atoms with Crippen molar-refractivity contribution in [2.24, 2.45) is 11.3 Å². The van der Waals surface area contributed by atoms with Crippen molar-refractivity contribution in [3.05, 3.63) is 54.4 Å². The summed E-state index contributed by atoms with van der Waals surface area (Å²) in [5.74, 6) is 0.622. The summed E-state index contributed by atoms with van der Waals surface area (Å²) in [5, 5.41) is 3.07. The van der Waals surface area contributed by atoms with Gasteiger partial charge in [-0.25, -0.2) is 0 Å². The number of rotatable bonds is 6. The second-order valence-corrected chi connectivity index (χ2v) is 8.67. The summed E-state index contributed by atoms with van der Waals surface area (Å²) in [6, 6.07) is 12.3. The van der Waals surface area contributed by atoms with Crippen molar-refractivity contribution in [1.82, 2.24) is 15.2 Å². The summed E-state index contributed by atoms with van der Waals surface area (Å²) < 4.78 is 0. The Labute approximate surface area is 178 Å². The van der Waals surface area contributed by atoms with E-state index >= 15 is 0 Å². The highest BCUT2D eigenvalue weighted by atomic mass is 16.2. The normalized spacial score (nSPS) is 18.5. The number of carbonyl (C=O) groups is 2. The van der Waals surface area contributed by atoms with E-state index < -0.39 is 5.41 Å². The van der Waals surface area contributed by atoms with Crippen LogP contribution in [0.3, 0.4) is 0 Å². The Hall–Kier alpha value is -2.69. The van der Waals surface area contributed by atoms with E-state index in [1.54, 1.807) is 6.20 Å². The van der Waals surface area contributed by atoms with Gasteiger partial charge >= 0.3 is 0 Å². The zero-order valence-corrected chi connectivity index (χ0v) is 17.8. The Morgan fingerprint density at radius 2 is 1.90 bits per heavy atom. The van der Waals surface area contributed by atoms with Gasteiger partial charge in [0.25, 0.3) is 0 Å². The van der Waals surface area contributed by atoms with Gasteiger partial charge in [-0.2, -0.15) is 0 Å². The minimum absolute atomic E-state index is 0.113. The molecular formula is C25H31N3O2. The highest BCUT2D eigenvalue weighted by molar-refractivity contribution is 5.85. The van der Waals surface area contributed by atoms with Crippen LogP contribution in [-0.4, -0.2) is 41.3 Å². The maximum absolute atomic E-state index is 13.2. The lowest BCUT2D eigenvalue weighted by Crippen LogP contribution is -2.52. The quantitative estimate of drug-likeness (QED) is 0.794. The third-order valence-electron chi connectivity index (χ3n) is 6.82. The lowest BCUT2D eigenvalue weighted by Gasteiger charge is -2.43. The molecule has 2 amide bonds. The Bertz CT molecular complexity index is 884. The molecular weight excluding hydrogens is 374 g/mol. The third kappa shape index (κ3) is 4.11. The van der Waals surface area contributed by atoms with Crippen molar-refractivity contribution in [1.29, 1.82) is 0 Å². The highest BCUT2D eigenvalue weighted by Gasteiger charge is 2.43. The Kier molecular flexibility index (Phi) is 6.16. The lowest BCUT2D eigenvalue weighted by molar-refractivity contribution is -0.144. The molecule has 0 unspecified atom stereocenters. The first-order valence-corrected chi connectivity index (χ1v) is 11.2. The number of nitrogens with one attached hydrogen (secondary N) is 1. The van der Waals surface area contributed by atoms with E-state index in [4.69, 9.17) is 0 Å². The van der Waals surface area contributed by atoms with E-state index in [1.807, 2.05) is 36.2 Å². The minimum Gasteiger partial charge on any atom is -0.356 e. The molecule has 2 fully saturated rings. The maximum Gasteiger partial charge on any atom is 0.226 e. The summed E-state index contributed by atoms with van der Waals surface area (Å²) in [4.78, 5) is 32.2. The number of piperidine rings is 1. The molecule has 1 aromatic heterocycles. The zero-order valence-electron chi connectivity index (χ0n) is 17.8. The summed E-state index contributed by atoms with van der Waals surface area (Å²) in [7, 11) is 0. The minimum atomic E-state index is -0.481. The smallest absolute Gasteiger partial charge is 0.226 e. The molecule has 158 valence electrons. The van der Waals surface area contributed by atoms with Crippen molar-refractivity contribution in [3.63, 3.8) is 0 Å². The second-order valence-electron chi connectivity index (χ2n) is 8.67. The molecule has 2 aromatic rings. The van der Waals surface area contributed by atoms with Gasteiger partial charge in [0.15, 0.2) is 0 Å². The topological polar surface area (TPSA) is 62.3 Å². The van der Waals surface area contributed by atoms with Crippen LogP contribution in [0.15, 0.2) is 48.8 Å². The molecule has 1 saturated heterocycles. The van der Waals surface area contributed by atoms with Gasteiger partial charge in [-0.3, -0.25) is 14.6 Å². The number of likely N-dealkylation sites (tertiary alicyclic amines) is 1. The number of pyridine rings is 1. The fourth-order valence-electron chi connectivity index (χ4n) is 4.74. The first kappa shape index (κ1) is 20.6. The maximum atomic E-state index is 13.2. The largest absolute Gasteiger partial charge is 0.356 e. The molecule has 5 nitrogen and oxygen atoms in total. The fraction of sp³-hybridized carbons (Fsp3) is 0.480. The molecule has 0 bridgehead atoms. The number of nitrogens with zero attached hydrogens (tertiary/aromatic N) is 2. The van der Waals surface area contributed by atoms with Crippen LogP contribution in [0.25, 0.3) is 11.1 Å². The molecule has 1 saturated carbocycles. The van der Waals surface area contributed by atoms with Crippen molar-refractivity contribution in [2.45, 2.75) is 45.4 Å². The zero-order chi connectivity index (χ0) is 21.0. The summed E-state index contributed by atoms with van der Waals surface area (Å²) in [6.07, 6.45) is 8.95. The Morgan fingerprint density at radius 1 is 1.13 bits per heavy atom. The van der Waals surface area contributed by atoms with Crippen LogP contribution < -0.4 is 5.32 Å². The third-order valence-corrected chi connectivity index (χ3v) is 6.82. The summed E-state index contributed by atoms with van der Waals surface area (Å²) in [6.45, 7) is 3.92. The van der Waals surface area contributed by atoms with E-state index in [0.717, 1.165) is 36.0 Å². The number of carbonyl (C=O) groups excluding carboxylic acids is 2. The predicted octanol–water partition coefficient (Wildman–Crippen LogP) is 3.84. The molecule has 0 atom stereocenters. The molecule has 30 heavy (non-hydrogen) atoms. The molecule has 0 radical (unpaired) electrons. The first-order chi connectivity index (χ1) is 14.6. The van der Waals surface area contributed by atoms with E-state index in [2.05, 4.69) is 28.5 Å². The van der Waals surface area contributed by atoms with Crippen molar-refractivity contribution < 1.29 is 9.59 Å². The van der Waals surface area contributed by atoms with Crippen molar-refractivity contribution >= 4 is 11.8 Å². The first-order valence-electron chi connectivity index (χ1n) is 11.2. The van der Waals surface area contributed by atoms with Crippen LogP contribution in [-0.2, 0) is 16.0 Å². The highest BCUT2D eigenvalue weighted by Crippen LogP contribution is 2.39. The van der Waals surface area contributed by atoms with Gasteiger partial charge in [-0.15, -0.1) is 0 Å². The number of amides is 2. The predicted molar refractivity (Wildman–Crippen MR) is 118 cm³/mol. The van der Waals surface area contributed by atoms with Crippen LogP contribution in [0.2, 0.25) is 0 Å². The second kappa shape index (κ2) is 8.99. The van der Waals surface area contributed by atoms with Gasteiger partial charge in [0.05, 0.1) is 5.41 Å². The van der Waals surface area contributed by atoms with Gasteiger partial charge in [0, 0.05) is 43.5 Å². The molecule has 2 aliphatic rings. The Morgan fingerprint density at radius 3 is 2.53 bits per heavy atom. The fourth-order valence-corrected chi connectivity index (χ4v) is 4.74. The summed E-state index contributed by atoms with van der Waals surface area (Å²) in [5.41, 5.74) is 2.87.